The highest BCUT2D eigenvalue weighted by Gasteiger charge is 2.19. The highest BCUT2D eigenvalue weighted by atomic mass is 32.2. The highest BCUT2D eigenvalue weighted by molar-refractivity contribution is 7.90. The number of sulfone groups is 1. The van der Waals surface area contributed by atoms with Crippen molar-refractivity contribution in [1.29, 1.82) is 0 Å². The SMILES string of the molecule is CCn1nc2c(cc1=O)CN(CCCS(C)(=O)=O)CC2. The van der Waals surface area contributed by atoms with Crippen LogP contribution in [0.15, 0.2) is 10.9 Å². The van der Waals surface area contributed by atoms with Gasteiger partial charge in [0.15, 0.2) is 0 Å². The Hall–Kier alpha value is -1.21. The molecule has 0 atom stereocenters. The van der Waals surface area contributed by atoms with Crippen LogP contribution in [0.4, 0.5) is 0 Å². The molecule has 0 aromatic carbocycles. The summed E-state index contributed by atoms with van der Waals surface area (Å²) in [5.41, 5.74) is 1.90. The monoisotopic (exact) mass is 299 g/mol. The Kier molecular flexibility index (Phi) is 4.59. The van der Waals surface area contributed by atoms with E-state index in [1.807, 2.05) is 6.92 Å². The van der Waals surface area contributed by atoms with Gasteiger partial charge in [0.1, 0.15) is 9.84 Å². The zero-order valence-corrected chi connectivity index (χ0v) is 12.8. The van der Waals surface area contributed by atoms with Crippen LogP contribution in [0.3, 0.4) is 0 Å². The average molecular weight is 299 g/mol. The molecule has 0 saturated carbocycles. The van der Waals surface area contributed by atoms with Crippen molar-refractivity contribution in [3.8, 4) is 0 Å². The molecular formula is C13H21N3O3S. The second-order valence-corrected chi connectivity index (χ2v) is 7.54. The summed E-state index contributed by atoms with van der Waals surface area (Å²) in [7, 11) is -2.89. The van der Waals surface area contributed by atoms with Gasteiger partial charge in [0.25, 0.3) is 5.56 Å². The second-order valence-electron chi connectivity index (χ2n) is 5.28. The van der Waals surface area contributed by atoms with Crippen LogP contribution in [-0.2, 0) is 29.3 Å². The number of aromatic nitrogens is 2. The fourth-order valence-corrected chi connectivity index (χ4v) is 3.12. The molecule has 0 radical (unpaired) electrons. The third-order valence-electron chi connectivity index (χ3n) is 3.51. The Balaban J connectivity index is 2.00. The van der Waals surface area contributed by atoms with Crippen molar-refractivity contribution in [3.05, 3.63) is 27.7 Å². The zero-order chi connectivity index (χ0) is 14.8. The predicted octanol–water partition coefficient (Wildman–Crippen LogP) is 0.0560. The lowest BCUT2D eigenvalue weighted by Gasteiger charge is -2.28. The zero-order valence-electron chi connectivity index (χ0n) is 12.0. The maximum absolute atomic E-state index is 11.8. The molecule has 1 aromatic heterocycles. The molecule has 6 nitrogen and oxygen atoms in total. The number of aryl methyl sites for hydroxylation is 1. The molecule has 20 heavy (non-hydrogen) atoms. The summed E-state index contributed by atoms with van der Waals surface area (Å²) < 4.78 is 23.7. The van der Waals surface area contributed by atoms with Gasteiger partial charge in [-0.3, -0.25) is 9.69 Å². The molecule has 2 heterocycles. The summed E-state index contributed by atoms with van der Waals surface area (Å²) in [6, 6.07) is 1.66. The molecule has 0 N–H and O–H groups in total. The maximum Gasteiger partial charge on any atom is 0.267 e. The van der Waals surface area contributed by atoms with E-state index >= 15 is 0 Å². The molecule has 0 bridgehead atoms. The van der Waals surface area contributed by atoms with Crippen LogP contribution in [0.25, 0.3) is 0 Å². The van der Waals surface area contributed by atoms with Crippen molar-refractivity contribution >= 4 is 9.84 Å². The molecule has 1 aliphatic heterocycles. The van der Waals surface area contributed by atoms with E-state index in [0.29, 0.717) is 19.5 Å². The van der Waals surface area contributed by atoms with E-state index < -0.39 is 9.84 Å². The Morgan fingerprint density at radius 3 is 2.80 bits per heavy atom. The van der Waals surface area contributed by atoms with E-state index in [-0.39, 0.29) is 11.3 Å². The predicted molar refractivity (Wildman–Crippen MR) is 77.5 cm³/mol. The van der Waals surface area contributed by atoms with Crippen LogP contribution in [0.2, 0.25) is 0 Å². The molecule has 0 amide bonds. The summed E-state index contributed by atoms with van der Waals surface area (Å²) in [5, 5.41) is 4.37. The lowest BCUT2D eigenvalue weighted by molar-refractivity contribution is 0.250. The van der Waals surface area contributed by atoms with E-state index in [1.54, 1.807) is 6.07 Å². The van der Waals surface area contributed by atoms with Crippen LogP contribution in [0.5, 0.6) is 0 Å². The van der Waals surface area contributed by atoms with Gasteiger partial charge in [0, 0.05) is 38.4 Å². The Labute approximate surface area is 119 Å². The van der Waals surface area contributed by atoms with Gasteiger partial charge in [-0.15, -0.1) is 0 Å². The molecular weight excluding hydrogens is 278 g/mol. The van der Waals surface area contributed by atoms with Crippen molar-refractivity contribution in [1.82, 2.24) is 14.7 Å². The first kappa shape index (κ1) is 15.2. The molecule has 2 rings (SSSR count). The summed E-state index contributed by atoms with van der Waals surface area (Å²) in [6.45, 7) is 4.78. The lowest BCUT2D eigenvalue weighted by atomic mass is 10.1. The van der Waals surface area contributed by atoms with Gasteiger partial charge in [-0.25, -0.2) is 13.1 Å². The van der Waals surface area contributed by atoms with Gasteiger partial charge in [0.2, 0.25) is 0 Å². The standard InChI is InChI=1S/C13H21N3O3S/c1-3-16-13(17)9-11-10-15(7-5-12(11)14-16)6-4-8-20(2,18)19/h9H,3-8,10H2,1-2H3. The molecule has 7 heteroatoms. The van der Waals surface area contributed by atoms with Crippen molar-refractivity contribution in [2.24, 2.45) is 0 Å². The minimum Gasteiger partial charge on any atom is -0.299 e. The van der Waals surface area contributed by atoms with Crippen molar-refractivity contribution in [2.45, 2.75) is 32.9 Å². The average Bonchev–Trinajstić information content (AvgIpc) is 2.36. The third-order valence-corrected chi connectivity index (χ3v) is 4.54. The number of hydrogen-bond donors (Lipinski definition) is 0. The van der Waals surface area contributed by atoms with Crippen molar-refractivity contribution in [3.63, 3.8) is 0 Å². The number of hydrogen-bond acceptors (Lipinski definition) is 5. The molecule has 0 spiro atoms. The van der Waals surface area contributed by atoms with Gasteiger partial charge < -0.3 is 0 Å². The largest absolute Gasteiger partial charge is 0.299 e. The fourth-order valence-electron chi connectivity index (χ4n) is 2.47. The van der Waals surface area contributed by atoms with Gasteiger partial charge in [-0.2, -0.15) is 5.10 Å². The minimum absolute atomic E-state index is 0.0655. The van der Waals surface area contributed by atoms with E-state index in [4.69, 9.17) is 0 Å². The molecule has 1 aliphatic rings. The summed E-state index contributed by atoms with van der Waals surface area (Å²) in [5.74, 6) is 0.214. The molecule has 0 unspecified atom stereocenters. The van der Waals surface area contributed by atoms with Crippen LogP contribution in [0.1, 0.15) is 24.6 Å². The van der Waals surface area contributed by atoms with E-state index in [0.717, 1.165) is 30.8 Å². The number of fused-ring (bicyclic) bond motifs is 1. The Morgan fingerprint density at radius 2 is 2.15 bits per heavy atom. The Bertz CT molecular complexity index is 637. The van der Waals surface area contributed by atoms with E-state index in [2.05, 4.69) is 10.00 Å². The lowest BCUT2D eigenvalue weighted by Crippen LogP contribution is -2.35. The normalized spacial score (nSPS) is 16.1. The molecule has 112 valence electrons. The Morgan fingerprint density at radius 1 is 1.40 bits per heavy atom. The van der Waals surface area contributed by atoms with E-state index in [1.165, 1.54) is 10.9 Å². The molecule has 1 aromatic rings. The smallest absolute Gasteiger partial charge is 0.267 e. The quantitative estimate of drug-likeness (QED) is 0.768. The minimum atomic E-state index is -2.89. The van der Waals surface area contributed by atoms with Gasteiger partial charge in [-0.1, -0.05) is 0 Å². The molecule has 0 aliphatic carbocycles. The maximum atomic E-state index is 11.8. The first-order valence-electron chi connectivity index (χ1n) is 6.89. The first-order valence-corrected chi connectivity index (χ1v) is 8.95. The van der Waals surface area contributed by atoms with Gasteiger partial charge in [-0.05, 0) is 25.5 Å². The number of nitrogens with zero attached hydrogens (tertiary/aromatic N) is 3. The first-order chi connectivity index (χ1) is 9.39. The fraction of sp³-hybridized carbons (Fsp3) is 0.692. The van der Waals surface area contributed by atoms with Crippen LogP contribution in [0, 0.1) is 0 Å². The summed E-state index contributed by atoms with van der Waals surface area (Å²) in [6.07, 6.45) is 2.71. The van der Waals surface area contributed by atoms with Crippen molar-refractivity contribution < 1.29 is 8.42 Å². The third kappa shape index (κ3) is 3.89. The highest BCUT2D eigenvalue weighted by Crippen LogP contribution is 2.15. The molecule has 0 fully saturated rings. The molecule has 0 saturated heterocycles. The summed E-state index contributed by atoms with van der Waals surface area (Å²) >= 11 is 0. The van der Waals surface area contributed by atoms with Crippen LogP contribution in [-0.4, -0.2) is 48.2 Å². The van der Waals surface area contributed by atoms with Gasteiger partial charge >= 0.3 is 0 Å². The van der Waals surface area contributed by atoms with Crippen molar-refractivity contribution in [2.75, 3.05) is 25.1 Å². The second kappa shape index (κ2) is 6.05. The van der Waals surface area contributed by atoms with Crippen LogP contribution >= 0.6 is 0 Å². The summed E-state index contributed by atoms with van der Waals surface area (Å²) in [4.78, 5) is 14.0. The number of rotatable bonds is 5. The van der Waals surface area contributed by atoms with E-state index in [9.17, 15) is 13.2 Å². The van der Waals surface area contributed by atoms with Gasteiger partial charge in [0.05, 0.1) is 11.4 Å². The van der Waals surface area contributed by atoms with Crippen LogP contribution < -0.4 is 5.56 Å². The topological polar surface area (TPSA) is 72.3 Å².